The first-order valence-corrected chi connectivity index (χ1v) is 7.82. The molecule has 0 aliphatic carbocycles. The Labute approximate surface area is 135 Å². The van der Waals surface area contributed by atoms with Gasteiger partial charge in [0.1, 0.15) is 11.8 Å². The summed E-state index contributed by atoms with van der Waals surface area (Å²) in [5.74, 6) is 1.39. The molecule has 0 unspecified atom stereocenters. The van der Waals surface area contributed by atoms with Gasteiger partial charge in [0.2, 0.25) is 5.91 Å². The van der Waals surface area contributed by atoms with Crippen molar-refractivity contribution in [3.8, 4) is 0 Å². The molecule has 1 saturated heterocycles. The molecule has 0 spiro atoms. The maximum absolute atomic E-state index is 12.6. The van der Waals surface area contributed by atoms with Crippen LogP contribution in [0.15, 0.2) is 40.9 Å². The molecule has 6 heteroatoms. The van der Waals surface area contributed by atoms with E-state index in [1.807, 2.05) is 30.3 Å². The molecule has 1 aromatic carbocycles. The van der Waals surface area contributed by atoms with Crippen molar-refractivity contribution in [3.63, 3.8) is 0 Å². The minimum absolute atomic E-state index is 0.150. The highest BCUT2D eigenvalue weighted by molar-refractivity contribution is 5.94. The van der Waals surface area contributed by atoms with E-state index in [1.54, 1.807) is 13.0 Å². The largest absolute Gasteiger partial charge is 0.381 e. The van der Waals surface area contributed by atoms with Crippen molar-refractivity contribution in [2.24, 2.45) is 5.92 Å². The van der Waals surface area contributed by atoms with E-state index in [4.69, 9.17) is 9.26 Å². The third-order valence-corrected chi connectivity index (χ3v) is 3.91. The lowest BCUT2D eigenvalue weighted by atomic mass is 10.0. The number of hydrogen-bond acceptors (Lipinski definition) is 5. The summed E-state index contributed by atoms with van der Waals surface area (Å²) >= 11 is 0. The van der Waals surface area contributed by atoms with Crippen LogP contribution in [0.3, 0.4) is 0 Å². The van der Waals surface area contributed by atoms with E-state index in [9.17, 15) is 4.79 Å². The molecule has 6 nitrogen and oxygen atoms in total. The van der Waals surface area contributed by atoms with Gasteiger partial charge in [-0.05, 0) is 24.8 Å². The summed E-state index contributed by atoms with van der Waals surface area (Å²) in [6.45, 7) is 4.08. The first kappa shape index (κ1) is 15.7. The third kappa shape index (κ3) is 4.18. The normalized spacial score (nSPS) is 18.7. The molecule has 2 aromatic rings. The van der Waals surface area contributed by atoms with E-state index in [-0.39, 0.29) is 5.91 Å². The van der Waals surface area contributed by atoms with E-state index in [0.29, 0.717) is 17.5 Å². The first-order chi connectivity index (χ1) is 11.2. The number of benzene rings is 1. The van der Waals surface area contributed by atoms with Crippen LogP contribution in [0.2, 0.25) is 0 Å². The Morgan fingerprint density at radius 3 is 2.87 bits per heavy atom. The highest BCUT2D eigenvalue weighted by atomic mass is 16.5. The molecular formula is C17H21N3O3. The zero-order chi connectivity index (χ0) is 16.1. The molecule has 1 amide bonds. The Kier molecular flexibility index (Phi) is 5.05. The van der Waals surface area contributed by atoms with Crippen LogP contribution in [0.4, 0.5) is 5.82 Å². The van der Waals surface area contributed by atoms with Gasteiger partial charge in [-0.3, -0.25) is 4.79 Å². The SMILES string of the molecule is Cc1cc(NC(=O)[C@H](NC[C@H]2CCOC2)c2ccccc2)no1. The number of aromatic nitrogens is 1. The van der Waals surface area contributed by atoms with Crippen molar-refractivity contribution in [2.75, 3.05) is 25.1 Å². The van der Waals surface area contributed by atoms with Gasteiger partial charge in [-0.1, -0.05) is 35.5 Å². The van der Waals surface area contributed by atoms with Crippen LogP contribution >= 0.6 is 0 Å². The fraction of sp³-hybridized carbons (Fsp3) is 0.412. The van der Waals surface area contributed by atoms with Gasteiger partial charge in [0.15, 0.2) is 5.82 Å². The minimum atomic E-state index is -0.436. The lowest BCUT2D eigenvalue weighted by molar-refractivity contribution is -0.118. The molecule has 2 N–H and O–H groups in total. The molecule has 2 heterocycles. The van der Waals surface area contributed by atoms with Crippen LogP contribution in [-0.4, -0.2) is 30.8 Å². The summed E-state index contributed by atoms with van der Waals surface area (Å²) in [4.78, 5) is 12.6. The fourth-order valence-corrected chi connectivity index (χ4v) is 2.66. The molecule has 23 heavy (non-hydrogen) atoms. The second kappa shape index (κ2) is 7.39. The highest BCUT2D eigenvalue weighted by Gasteiger charge is 2.24. The predicted molar refractivity (Wildman–Crippen MR) is 86.0 cm³/mol. The standard InChI is InChI=1S/C17H21N3O3/c1-12-9-15(20-23-12)19-17(21)16(14-5-3-2-4-6-14)18-10-13-7-8-22-11-13/h2-6,9,13,16,18H,7-8,10-11H2,1H3,(H,19,20,21)/t13-,16-/m1/s1. The van der Waals surface area contributed by atoms with Gasteiger partial charge in [-0.15, -0.1) is 0 Å². The topological polar surface area (TPSA) is 76.4 Å². The first-order valence-electron chi connectivity index (χ1n) is 7.82. The smallest absolute Gasteiger partial charge is 0.247 e. The quantitative estimate of drug-likeness (QED) is 0.855. The summed E-state index contributed by atoms with van der Waals surface area (Å²) in [5, 5.41) is 9.97. The molecule has 1 aromatic heterocycles. The number of carbonyl (C=O) groups is 1. The van der Waals surface area contributed by atoms with Gasteiger partial charge in [-0.2, -0.15) is 0 Å². The molecule has 1 aliphatic heterocycles. The van der Waals surface area contributed by atoms with Crippen LogP contribution in [0.25, 0.3) is 0 Å². The van der Waals surface area contributed by atoms with Crippen molar-refractivity contribution >= 4 is 11.7 Å². The zero-order valence-electron chi connectivity index (χ0n) is 13.1. The van der Waals surface area contributed by atoms with E-state index >= 15 is 0 Å². The van der Waals surface area contributed by atoms with Crippen molar-refractivity contribution in [1.29, 1.82) is 0 Å². The van der Waals surface area contributed by atoms with Crippen molar-refractivity contribution in [2.45, 2.75) is 19.4 Å². The van der Waals surface area contributed by atoms with Gasteiger partial charge in [0.25, 0.3) is 0 Å². The predicted octanol–water partition coefficient (Wildman–Crippen LogP) is 2.29. The summed E-state index contributed by atoms with van der Waals surface area (Å²) in [7, 11) is 0. The fourth-order valence-electron chi connectivity index (χ4n) is 2.66. The molecule has 3 rings (SSSR count). The minimum Gasteiger partial charge on any atom is -0.381 e. The molecule has 0 radical (unpaired) electrons. The average Bonchev–Trinajstić information content (AvgIpc) is 3.20. The average molecular weight is 315 g/mol. The summed E-state index contributed by atoms with van der Waals surface area (Å²) in [6.07, 6.45) is 1.03. The summed E-state index contributed by atoms with van der Waals surface area (Å²) in [6, 6.07) is 10.9. The molecule has 2 atom stereocenters. The van der Waals surface area contributed by atoms with Crippen LogP contribution in [-0.2, 0) is 9.53 Å². The lowest BCUT2D eigenvalue weighted by Gasteiger charge is -2.20. The Hall–Kier alpha value is -2.18. The maximum Gasteiger partial charge on any atom is 0.247 e. The molecule has 122 valence electrons. The number of anilines is 1. The Balaban J connectivity index is 1.69. The van der Waals surface area contributed by atoms with Gasteiger partial charge < -0.3 is 19.9 Å². The van der Waals surface area contributed by atoms with E-state index in [0.717, 1.165) is 31.7 Å². The molecule has 0 bridgehead atoms. The summed E-state index contributed by atoms with van der Waals surface area (Å²) < 4.78 is 10.4. The van der Waals surface area contributed by atoms with Crippen LogP contribution in [0.5, 0.6) is 0 Å². The number of rotatable bonds is 6. The number of hydrogen-bond donors (Lipinski definition) is 2. The number of nitrogens with one attached hydrogen (secondary N) is 2. The molecule has 1 aliphatic rings. The van der Waals surface area contributed by atoms with Crippen molar-refractivity contribution < 1.29 is 14.1 Å². The number of aryl methyl sites for hydroxylation is 1. The third-order valence-electron chi connectivity index (χ3n) is 3.91. The molecule has 1 fully saturated rings. The van der Waals surface area contributed by atoms with Crippen molar-refractivity contribution in [1.82, 2.24) is 10.5 Å². The second-order valence-electron chi connectivity index (χ2n) is 5.79. The van der Waals surface area contributed by atoms with Gasteiger partial charge in [0, 0.05) is 19.2 Å². The van der Waals surface area contributed by atoms with Crippen molar-refractivity contribution in [3.05, 3.63) is 47.7 Å². The van der Waals surface area contributed by atoms with Gasteiger partial charge >= 0.3 is 0 Å². The Morgan fingerprint density at radius 2 is 2.22 bits per heavy atom. The Bertz CT molecular complexity index is 636. The monoisotopic (exact) mass is 315 g/mol. The van der Waals surface area contributed by atoms with Gasteiger partial charge in [0.05, 0.1) is 6.61 Å². The number of nitrogens with zero attached hydrogens (tertiary/aromatic N) is 1. The highest BCUT2D eigenvalue weighted by Crippen LogP contribution is 2.18. The second-order valence-corrected chi connectivity index (χ2v) is 5.79. The lowest BCUT2D eigenvalue weighted by Crippen LogP contribution is -2.36. The van der Waals surface area contributed by atoms with E-state index in [2.05, 4.69) is 15.8 Å². The Morgan fingerprint density at radius 1 is 1.39 bits per heavy atom. The van der Waals surface area contributed by atoms with Gasteiger partial charge in [-0.25, -0.2) is 0 Å². The molecule has 0 saturated carbocycles. The maximum atomic E-state index is 12.6. The van der Waals surface area contributed by atoms with E-state index < -0.39 is 6.04 Å². The number of carbonyl (C=O) groups excluding carboxylic acids is 1. The summed E-state index contributed by atoms with van der Waals surface area (Å²) in [5.41, 5.74) is 0.920. The zero-order valence-corrected chi connectivity index (χ0v) is 13.1. The van der Waals surface area contributed by atoms with Crippen LogP contribution < -0.4 is 10.6 Å². The van der Waals surface area contributed by atoms with Crippen LogP contribution in [0, 0.1) is 12.8 Å². The number of ether oxygens (including phenoxy) is 1. The molecular weight excluding hydrogens is 294 g/mol. The van der Waals surface area contributed by atoms with Crippen LogP contribution in [0.1, 0.15) is 23.8 Å². The van der Waals surface area contributed by atoms with E-state index in [1.165, 1.54) is 0 Å². The number of amides is 1.